The van der Waals surface area contributed by atoms with E-state index in [4.69, 9.17) is 0 Å². The molecule has 3 heteroatoms. The molecule has 0 fully saturated rings. The van der Waals surface area contributed by atoms with Gasteiger partial charge >= 0.3 is 0 Å². The molecule has 2 nitrogen and oxygen atoms in total. The van der Waals surface area contributed by atoms with Gasteiger partial charge in [0.15, 0.2) is 0 Å². The first-order chi connectivity index (χ1) is 30.8. The molecule has 0 amide bonds. The number of benzene rings is 10. The van der Waals surface area contributed by atoms with Gasteiger partial charge in [-0.15, -0.1) is 0 Å². The van der Waals surface area contributed by atoms with Crippen molar-refractivity contribution >= 4 is 61.4 Å². The summed E-state index contributed by atoms with van der Waals surface area (Å²) in [6.45, 7) is 0. The summed E-state index contributed by atoms with van der Waals surface area (Å²) in [6, 6.07) is 85.3. The zero-order valence-corrected chi connectivity index (χ0v) is 34.6. The fourth-order valence-electron chi connectivity index (χ4n) is 10.6. The van der Waals surface area contributed by atoms with Crippen molar-refractivity contribution in [2.24, 2.45) is 0 Å². The van der Waals surface area contributed by atoms with Gasteiger partial charge in [0.25, 0.3) is 0 Å². The lowest BCUT2D eigenvalue weighted by molar-refractivity contribution is 0.728. The lowest BCUT2D eigenvalue weighted by Crippen LogP contribution is -2.32. The van der Waals surface area contributed by atoms with E-state index in [2.05, 4.69) is 240 Å². The largest absolute Gasteiger partial charge is 0.310 e. The van der Waals surface area contributed by atoms with Gasteiger partial charge in [-0.05, 0) is 128 Å². The Bertz CT molecular complexity index is 3500. The van der Waals surface area contributed by atoms with Crippen molar-refractivity contribution in [2.75, 3.05) is 4.90 Å². The van der Waals surface area contributed by atoms with E-state index < -0.39 is 5.41 Å². The molecule has 0 atom stereocenters. The summed E-state index contributed by atoms with van der Waals surface area (Å²) >= 11 is 1.89. The Morgan fingerprint density at radius 2 is 0.952 bits per heavy atom. The van der Waals surface area contributed by atoms with Gasteiger partial charge in [0.05, 0.1) is 16.4 Å². The Balaban J connectivity index is 0.993. The van der Waals surface area contributed by atoms with Gasteiger partial charge in [0.1, 0.15) is 0 Å². The number of aromatic nitrogens is 1. The quantitative estimate of drug-likeness (QED) is 0.171. The number of fused-ring (bicyclic) bond motifs is 14. The Kier molecular flexibility index (Phi) is 7.79. The van der Waals surface area contributed by atoms with Crippen molar-refractivity contribution in [1.29, 1.82) is 0 Å². The van der Waals surface area contributed by atoms with Gasteiger partial charge in [-0.1, -0.05) is 169 Å². The Morgan fingerprint density at radius 1 is 0.371 bits per heavy atom. The average Bonchev–Trinajstić information content (AvgIpc) is 3.83. The predicted octanol–water partition coefficient (Wildman–Crippen LogP) is 15.9. The van der Waals surface area contributed by atoms with Crippen LogP contribution in [0.2, 0.25) is 0 Å². The number of para-hydroxylation sites is 3. The molecule has 1 spiro atoms. The van der Waals surface area contributed by atoms with E-state index >= 15 is 0 Å². The molecule has 2 aliphatic rings. The molecule has 290 valence electrons. The molecule has 0 saturated heterocycles. The minimum atomic E-state index is -0.507. The van der Waals surface area contributed by atoms with Gasteiger partial charge in [-0.25, -0.2) is 0 Å². The van der Waals surface area contributed by atoms with Gasteiger partial charge in [-0.2, -0.15) is 0 Å². The summed E-state index contributed by atoms with van der Waals surface area (Å²) in [6.07, 6.45) is 0. The Labute approximate surface area is 365 Å². The molecule has 0 radical (unpaired) electrons. The van der Waals surface area contributed by atoms with Crippen molar-refractivity contribution in [2.45, 2.75) is 15.2 Å². The van der Waals surface area contributed by atoms with Gasteiger partial charge < -0.3 is 9.47 Å². The third-order valence-electron chi connectivity index (χ3n) is 13.2. The highest BCUT2D eigenvalue weighted by molar-refractivity contribution is 7.99. The van der Waals surface area contributed by atoms with Crippen molar-refractivity contribution in [1.82, 2.24) is 4.57 Å². The second kappa shape index (κ2) is 13.7. The molecule has 62 heavy (non-hydrogen) atoms. The molecule has 0 unspecified atom stereocenters. The molecule has 11 aromatic rings. The second-order valence-electron chi connectivity index (χ2n) is 16.4. The Hall–Kier alpha value is -7.59. The van der Waals surface area contributed by atoms with Crippen LogP contribution in [0.3, 0.4) is 0 Å². The van der Waals surface area contributed by atoms with Crippen LogP contribution in [0.15, 0.2) is 240 Å². The van der Waals surface area contributed by atoms with Gasteiger partial charge in [-0.3, -0.25) is 0 Å². The maximum Gasteiger partial charge on any atom is 0.0742 e. The highest BCUT2D eigenvalue weighted by atomic mass is 32.2. The summed E-state index contributed by atoms with van der Waals surface area (Å²) in [5, 5.41) is 5.08. The first-order valence-corrected chi connectivity index (χ1v) is 22.2. The van der Waals surface area contributed by atoms with Crippen molar-refractivity contribution in [3.05, 3.63) is 253 Å². The molecular weight excluding hydrogens is 769 g/mol. The first-order valence-electron chi connectivity index (χ1n) is 21.3. The maximum atomic E-state index is 2.49. The van der Waals surface area contributed by atoms with Crippen molar-refractivity contribution in [3.63, 3.8) is 0 Å². The van der Waals surface area contributed by atoms with Crippen LogP contribution < -0.4 is 4.90 Å². The third kappa shape index (κ3) is 5.06. The lowest BCUT2D eigenvalue weighted by Gasteiger charge is -2.40. The predicted molar refractivity (Wildman–Crippen MR) is 260 cm³/mol. The van der Waals surface area contributed by atoms with Crippen LogP contribution in [0, 0.1) is 0 Å². The average molecular weight is 807 g/mol. The van der Waals surface area contributed by atoms with Crippen LogP contribution >= 0.6 is 11.8 Å². The topological polar surface area (TPSA) is 8.17 Å². The molecule has 0 N–H and O–H groups in total. The zero-order chi connectivity index (χ0) is 40.8. The maximum absolute atomic E-state index is 2.49. The number of hydrogen-bond donors (Lipinski definition) is 0. The van der Waals surface area contributed by atoms with Gasteiger partial charge in [0.2, 0.25) is 0 Å². The minimum absolute atomic E-state index is 0.507. The summed E-state index contributed by atoms with van der Waals surface area (Å²) < 4.78 is 2.39. The van der Waals surface area contributed by atoms with Gasteiger partial charge in [0, 0.05) is 43.3 Å². The molecule has 2 heterocycles. The molecular formula is C59H38N2S. The summed E-state index contributed by atoms with van der Waals surface area (Å²) in [5.74, 6) is 0. The monoisotopic (exact) mass is 806 g/mol. The fraction of sp³-hybridized carbons (Fsp3) is 0.0169. The standard InChI is InChI=1S/C59H38N2S/c1-3-16-42(17-4-1)60(44-31-27-39(28-32-44)41-30-34-49-48-21-9-12-24-54(48)61(55(49)37-41)43-18-5-2-6-19-43)45-33-36-47-50-35-29-40-15-7-8-20-46(40)58(50)59(53(47)38-45)51-22-10-13-25-56(51)62-57-26-14-11-23-52(57)59/h1-38H. The molecule has 1 aliphatic heterocycles. The smallest absolute Gasteiger partial charge is 0.0742 e. The summed E-state index contributed by atoms with van der Waals surface area (Å²) in [7, 11) is 0. The van der Waals surface area contributed by atoms with E-state index in [0.717, 1.165) is 22.7 Å². The van der Waals surface area contributed by atoms with E-state index in [1.54, 1.807) is 0 Å². The normalized spacial score (nSPS) is 13.2. The highest BCUT2D eigenvalue weighted by Crippen LogP contribution is 2.64. The minimum Gasteiger partial charge on any atom is -0.310 e. The number of hydrogen-bond acceptors (Lipinski definition) is 2. The molecule has 0 bridgehead atoms. The first kappa shape index (κ1) is 35.2. The number of anilines is 3. The van der Waals surface area contributed by atoms with E-state index in [1.807, 2.05) is 11.8 Å². The second-order valence-corrected chi connectivity index (χ2v) is 17.5. The molecule has 0 saturated carbocycles. The summed E-state index contributed by atoms with van der Waals surface area (Å²) in [5.41, 5.74) is 16.8. The molecule has 13 rings (SSSR count). The summed E-state index contributed by atoms with van der Waals surface area (Å²) in [4.78, 5) is 5.03. The molecule has 1 aromatic heterocycles. The number of rotatable bonds is 5. The van der Waals surface area contributed by atoms with Crippen LogP contribution in [0.4, 0.5) is 17.1 Å². The number of nitrogens with zero attached hydrogens (tertiary/aromatic N) is 2. The third-order valence-corrected chi connectivity index (χ3v) is 14.4. The van der Waals surface area contributed by atoms with E-state index in [0.29, 0.717) is 0 Å². The Morgan fingerprint density at radius 3 is 1.73 bits per heavy atom. The zero-order valence-electron chi connectivity index (χ0n) is 33.7. The van der Waals surface area contributed by atoms with Crippen LogP contribution in [0.5, 0.6) is 0 Å². The molecule has 1 aliphatic carbocycles. The van der Waals surface area contributed by atoms with Crippen molar-refractivity contribution < 1.29 is 0 Å². The van der Waals surface area contributed by atoms with E-state index in [1.165, 1.54) is 86.9 Å². The van der Waals surface area contributed by atoms with E-state index in [-0.39, 0.29) is 0 Å². The van der Waals surface area contributed by atoms with Crippen LogP contribution in [0.1, 0.15) is 22.3 Å². The SMILES string of the molecule is c1ccc(N(c2ccc(-c3ccc4c5ccccc5n(-c5ccccc5)c4c3)cc2)c2ccc3c(c2)C2(c4ccccc4Sc4ccccc42)c2c-3ccc3ccccc23)cc1. The fourth-order valence-corrected chi connectivity index (χ4v) is 11.8. The van der Waals surface area contributed by atoms with Crippen LogP contribution in [-0.4, -0.2) is 4.57 Å². The highest BCUT2D eigenvalue weighted by Gasteiger charge is 2.51. The van der Waals surface area contributed by atoms with Crippen LogP contribution in [0.25, 0.3) is 60.5 Å². The van der Waals surface area contributed by atoms with Crippen molar-refractivity contribution in [3.8, 4) is 27.9 Å². The van der Waals surface area contributed by atoms with E-state index in [9.17, 15) is 0 Å². The van der Waals surface area contributed by atoms with Crippen LogP contribution in [-0.2, 0) is 5.41 Å². The molecule has 10 aromatic carbocycles. The lowest BCUT2D eigenvalue weighted by atomic mass is 9.66.